The van der Waals surface area contributed by atoms with E-state index in [1.54, 1.807) is 6.07 Å². The Kier molecular flexibility index (Phi) is 3.22. The van der Waals surface area contributed by atoms with Gasteiger partial charge in [-0.2, -0.15) is 0 Å². The van der Waals surface area contributed by atoms with Gasteiger partial charge in [-0.3, -0.25) is 0 Å². The van der Waals surface area contributed by atoms with E-state index in [1.165, 1.54) is 18.4 Å². The molecule has 0 radical (unpaired) electrons. The molecule has 1 aromatic heterocycles. The molecule has 0 bridgehead atoms. The summed E-state index contributed by atoms with van der Waals surface area (Å²) in [5.74, 6) is 0.586. The number of carbonyl (C=O) groups excluding carboxylic acids is 1. The monoisotopic (exact) mass is 271 g/mol. The molecule has 0 spiro atoms. The lowest BCUT2D eigenvalue weighted by molar-refractivity contribution is 0.0563. The molecule has 1 aromatic carbocycles. The molecule has 104 valence electrons. The summed E-state index contributed by atoms with van der Waals surface area (Å²) in [5, 5.41) is 0. The quantitative estimate of drug-likeness (QED) is 0.805. The number of para-hydroxylation sites is 1. The summed E-state index contributed by atoms with van der Waals surface area (Å²) in [6.07, 6.45) is 1.04. The van der Waals surface area contributed by atoms with E-state index >= 15 is 0 Å². The number of benzene rings is 1. The van der Waals surface area contributed by atoms with Gasteiger partial charge in [0.2, 0.25) is 5.76 Å². The van der Waals surface area contributed by atoms with E-state index < -0.39 is 5.97 Å². The maximum atomic E-state index is 11.4. The van der Waals surface area contributed by atoms with Crippen LogP contribution in [0.25, 0.3) is 0 Å². The highest BCUT2D eigenvalue weighted by Gasteiger charge is 2.26. The average Bonchev–Trinajstić information content (AvgIpc) is 3.04. The molecule has 1 aliphatic rings. The summed E-state index contributed by atoms with van der Waals surface area (Å²) in [6, 6.07) is 12.3. The normalized spacial score (nSPS) is 17.1. The molecule has 0 N–H and O–H groups in total. The van der Waals surface area contributed by atoms with Gasteiger partial charge in [-0.1, -0.05) is 18.2 Å². The lowest BCUT2D eigenvalue weighted by atomic mass is 10.1. The third-order valence-corrected chi connectivity index (χ3v) is 3.72. The molecule has 4 heteroatoms. The Hall–Kier alpha value is -2.23. The molecule has 0 aliphatic carbocycles. The van der Waals surface area contributed by atoms with Crippen molar-refractivity contribution in [2.24, 2.45) is 0 Å². The Labute approximate surface area is 118 Å². The summed E-state index contributed by atoms with van der Waals surface area (Å²) in [4.78, 5) is 13.7. The SMILES string of the molecule is COC(=O)c1ccc(CN2c3ccccc3C[C@H]2C)o1. The summed E-state index contributed by atoms with van der Waals surface area (Å²) in [6.45, 7) is 2.86. The maximum absolute atomic E-state index is 11.4. The predicted octanol–water partition coefficient (Wildman–Crippen LogP) is 3.02. The van der Waals surface area contributed by atoms with Gasteiger partial charge < -0.3 is 14.1 Å². The van der Waals surface area contributed by atoms with Gasteiger partial charge in [-0.15, -0.1) is 0 Å². The fraction of sp³-hybridized carbons (Fsp3) is 0.312. The Bertz CT molecular complexity index is 632. The lowest BCUT2D eigenvalue weighted by Crippen LogP contribution is -2.28. The van der Waals surface area contributed by atoms with Crippen molar-refractivity contribution in [1.82, 2.24) is 0 Å². The Morgan fingerprint density at radius 3 is 2.95 bits per heavy atom. The number of nitrogens with zero attached hydrogens (tertiary/aromatic N) is 1. The van der Waals surface area contributed by atoms with Crippen molar-refractivity contribution in [3.05, 3.63) is 53.5 Å². The van der Waals surface area contributed by atoms with Gasteiger partial charge in [0, 0.05) is 11.7 Å². The number of carbonyl (C=O) groups is 1. The minimum Gasteiger partial charge on any atom is -0.463 e. The first kappa shape index (κ1) is 12.8. The highest BCUT2D eigenvalue weighted by atomic mass is 16.5. The van der Waals surface area contributed by atoms with Crippen molar-refractivity contribution in [3.63, 3.8) is 0 Å². The second-order valence-electron chi connectivity index (χ2n) is 5.07. The fourth-order valence-electron chi connectivity index (χ4n) is 2.71. The van der Waals surface area contributed by atoms with Crippen molar-refractivity contribution in [1.29, 1.82) is 0 Å². The van der Waals surface area contributed by atoms with E-state index in [1.807, 2.05) is 12.1 Å². The Balaban J connectivity index is 1.81. The van der Waals surface area contributed by atoms with Crippen LogP contribution in [0.4, 0.5) is 5.69 Å². The number of rotatable bonds is 3. The molecule has 0 unspecified atom stereocenters. The zero-order chi connectivity index (χ0) is 14.1. The zero-order valence-corrected chi connectivity index (χ0v) is 11.6. The van der Waals surface area contributed by atoms with Crippen molar-refractivity contribution in [2.45, 2.75) is 25.9 Å². The van der Waals surface area contributed by atoms with E-state index in [9.17, 15) is 4.79 Å². The van der Waals surface area contributed by atoms with Gasteiger partial charge >= 0.3 is 5.97 Å². The van der Waals surface area contributed by atoms with E-state index in [2.05, 4.69) is 34.8 Å². The van der Waals surface area contributed by atoms with Crippen LogP contribution in [0.5, 0.6) is 0 Å². The highest BCUT2D eigenvalue weighted by molar-refractivity contribution is 5.86. The van der Waals surface area contributed by atoms with E-state index in [-0.39, 0.29) is 5.76 Å². The molecule has 3 rings (SSSR count). The van der Waals surface area contributed by atoms with Gasteiger partial charge in [-0.05, 0) is 37.1 Å². The number of esters is 1. The van der Waals surface area contributed by atoms with Gasteiger partial charge in [-0.25, -0.2) is 4.79 Å². The summed E-state index contributed by atoms with van der Waals surface area (Å²) >= 11 is 0. The molecular weight excluding hydrogens is 254 g/mol. The second kappa shape index (κ2) is 5.04. The van der Waals surface area contributed by atoms with Crippen molar-refractivity contribution < 1.29 is 13.9 Å². The number of hydrogen-bond acceptors (Lipinski definition) is 4. The molecule has 0 fully saturated rings. The number of methoxy groups -OCH3 is 1. The predicted molar refractivity (Wildman–Crippen MR) is 75.8 cm³/mol. The highest BCUT2D eigenvalue weighted by Crippen LogP contribution is 2.33. The number of anilines is 1. The van der Waals surface area contributed by atoms with Crippen molar-refractivity contribution in [3.8, 4) is 0 Å². The van der Waals surface area contributed by atoms with Crippen LogP contribution in [0.2, 0.25) is 0 Å². The molecule has 0 saturated carbocycles. The number of furan rings is 1. The van der Waals surface area contributed by atoms with Crippen LogP contribution >= 0.6 is 0 Å². The van der Waals surface area contributed by atoms with Crippen LogP contribution in [-0.2, 0) is 17.7 Å². The standard InChI is InChI=1S/C16H17NO3/c1-11-9-12-5-3-4-6-14(12)17(11)10-13-7-8-15(20-13)16(18)19-2/h3-8,11H,9-10H2,1-2H3/t11-/m1/s1. The van der Waals surface area contributed by atoms with E-state index in [0.717, 1.165) is 12.2 Å². The van der Waals surface area contributed by atoms with Crippen LogP contribution in [0.1, 0.15) is 28.8 Å². The molecule has 4 nitrogen and oxygen atoms in total. The number of hydrogen-bond donors (Lipinski definition) is 0. The smallest absolute Gasteiger partial charge is 0.373 e. The average molecular weight is 271 g/mol. The zero-order valence-electron chi connectivity index (χ0n) is 11.6. The molecular formula is C16H17NO3. The second-order valence-corrected chi connectivity index (χ2v) is 5.07. The molecule has 0 amide bonds. The molecule has 0 saturated heterocycles. The first-order valence-corrected chi connectivity index (χ1v) is 6.70. The van der Waals surface area contributed by atoms with Gasteiger partial charge in [0.25, 0.3) is 0 Å². The third-order valence-electron chi connectivity index (χ3n) is 3.72. The summed E-state index contributed by atoms with van der Waals surface area (Å²) < 4.78 is 10.2. The third kappa shape index (κ3) is 2.18. The van der Waals surface area contributed by atoms with Crippen LogP contribution in [-0.4, -0.2) is 19.1 Å². The molecule has 20 heavy (non-hydrogen) atoms. The van der Waals surface area contributed by atoms with Gasteiger partial charge in [0.1, 0.15) is 5.76 Å². The minimum atomic E-state index is -0.439. The first-order valence-electron chi connectivity index (χ1n) is 6.70. The largest absolute Gasteiger partial charge is 0.463 e. The van der Waals surface area contributed by atoms with Gasteiger partial charge in [0.15, 0.2) is 0 Å². The number of fused-ring (bicyclic) bond motifs is 1. The molecule has 1 aliphatic heterocycles. The number of ether oxygens (including phenoxy) is 1. The Morgan fingerprint density at radius 2 is 2.15 bits per heavy atom. The van der Waals surface area contributed by atoms with Gasteiger partial charge in [0.05, 0.1) is 13.7 Å². The minimum absolute atomic E-state index is 0.252. The molecule has 2 heterocycles. The molecule has 1 atom stereocenters. The molecule has 2 aromatic rings. The lowest BCUT2D eigenvalue weighted by Gasteiger charge is -2.23. The van der Waals surface area contributed by atoms with Crippen molar-refractivity contribution in [2.75, 3.05) is 12.0 Å². The summed E-state index contributed by atoms with van der Waals surface area (Å²) in [7, 11) is 1.35. The van der Waals surface area contributed by atoms with Crippen LogP contribution < -0.4 is 4.90 Å². The van der Waals surface area contributed by atoms with Crippen molar-refractivity contribution >= 4 is 11.7 Å². The summed E-state index contributed by atoms with van der Waals surface area (Å²) in [5.41, 5.74) is 2.61. The maximum Gasteiger partial charge on any atom is 0.373 e. The van der Waals surface area contributed by atoms with Crippen LogP contribution in [0.3, 0.4) is 0 Å². The van der Waals surface area contributed by atoms with Crippen LogP contribution in [0.15, 0.2) is 40.8 Å². The first-order chi connectivity index (χ1) is 9.69. The topological polar surface area (TPSA) is 42.7 Å². The Morgan fingerprint density at radius 1 is 1.35 bits per heavy atom. The van der Waals surface area contributed by atoms with E-state index in [4.69, 9.17) is 4.42 Å². The fourth-order valence-corrected chi connectivity index (χ4v) is 2.71. The van der Waals surface area contributed by atoms with Crippen LogP contribution in [0, 0.1) is 0 Å². The van der Waals surface area contributed by atoms with E-state index in [0.29, 0.717) is 12.6 Å².